The number of nitrogens with zero attached hydrogens (tertiary/aromatic N) is 2. The molecule has 0 atom stereocenters. The van der Waals surface area contributed by atoms with Crippen molar-refractivity contribution in [2.45, 2.75) is 51.6 Å². The monoisotopic (exact) mass is 259 g/mol. The number of hydrogen-bond acceptors (Lipinski definition) is 3. The zero-order valence-electron chi connectivity index (χ0n) is 11.9. The topological polar surface area (TPSA) is 28.2 Å². The van der Waals surface area contributed by atoms with Crippen molar-refractivity contribution in [1.29, 1.82) is 0 Å². The van der Waals surface area contributed by atoms with Gasteiger partial charge in [0.15, 0.2) is 0 Å². The highest BCUT2D eigenvalue weighted by Crippen LogP contribution is 2.26. The summed E-state index contributed by atoms with van der Waals surface area (Å²) in [5.74, 6) is 2.14. The summed E-state index contributed by atoms with van der Waals surface area (Å²) in [6.07, 6.45) is 8.59. The molecule has 1 aliphatic carbocycles. The number of aromatic nitrogens is 1. The normalized spacial score (nSPS) is 20.8. The van der Waals surface area contributed by atoms with E-state index in [-0.39, 0.29) is 0 Å². The predicted molar refractivity (Wildman–Crippen MR) is 79.3 cm³/mol. The number of rotatable bonds is 5. The van der Waals surface area contributed by atoms with Crippen molar-refractivity contribution in [2.24, 2.45) is 5.92 Å². The second-order valence-corrected chi connectivity index (χ2v) is 5.98. The summed E-state index contributed by atoms with van der Waals surface area (Å²) in [4.78, 5) is 7.12. The van der Waals surface area contributed by atoms with Gasteiger partial charge in [-0.25, -0.2) is 4.98 Å². The molecule has 0 unspecified atom stereocenters. The molecule has 1 saturated heterocycles. The average molecular weight is 259 g/mol. The number of anilines is 1. The van der Waals surface area contributed by atoms with Crippen LogP contribution < -0.4 is 10.2 Å². The quantitative estimate of drug-likeness (QED) is 0.881. The third-order valence-corrected chi connectivity index (χ3v) is 4.52. The Hall–Kier alpha value is -1.09. The number of piperidine rings is 1. The van der Waals surface area contributed by atoms with Gasteiger partial charge in [0.25, 0.3) is 0 Å². The molecule has 2 fully saturated rings. The highest BCUT2D eigenvalue weighted by atomic mass is 15.2. The van der Waals surface area contributed by atoms with Crippen molar-refractivity contribution in [3.8, 4) is 0 Å². The van der Waals surface area contributed by atoms with Crippen LogP contribution in [0.25, 0.3) is 0 Å². The minimum atomic E-state index is 0.763. The van der Waals surface area contributed by atoms with Crippen molar-refractivity contribution < 1.29 is 0 Å². The molecule has 3 heteroatoms. The summed E-state index contributed by atoms with van der Waals surface area (Å²) in [6.45, 7) is 5.63. The lowest BCUT2D eigenvalue weighted by Crippen LogP contribution is -2.35. The predicted octanol–water partition coefficient (Wildman–Crippen LogP) is 2.96. The van der Waals surface area contributed by atoms with Gasteiger partial charge in [-0.05, 0) is 37.7 Å². The summed E-state index contributed by atoms with van der Waals surface area (Å²) < 4.78 is 0. The molecule has 2 aliphatic rings. The van der Waals surface area contributed by atoms with Gasteiger partial charge in [0.1, 0.15) is 5.82 Å². The first kappa shape index (κ1) is 12.9. The summed E-state index contributed by atoms with van der Waals surface area (Å²) in [5, 5.41) is 3.61. The van der Waals surface area contributed by atoms with Gasteiger partial charge in [-0.3, -0.25) is 0 Å². The van der Waals surface area contributed by atoms with Crippen LogP contribution in [0.2, 0.25) is 0 Å². The molecule has 1 saturated carbocycles. The Morgan fingerprint density at radius 2 is 2.05 bits per heavy atom. The molecule has 104 valence electrons. The Balaban J connectivity index is 1.65. The molecule has 19 heavy (non-hydrogen) atoms. The minimum absolute atomic E-state index is 0.763. The minimum Gasteiger partial charge on any atom is -0.356 e. The lowest BCUT2D eigenvalue weighted by atomic mass is 9.94. The molecule has 2 heterocycles. The van der Waals surface area contributed by atoms with Crippen molar-refractivity contribution in [3.05, 3.63) is 23.9 Å². The number of hydrogen-bond donors (Lipinski definition) is 1. The Morgan fingerprint density at radius 3 is 2.74 bits per heavy atom. The van der Waals surface area contributed by atoms with Crippen LogP contribution in [0.5, 0.6) is 0 Å². The van der Waals surface area contributed by atoms with E-state index >= 15 is 0 Å². The third kappa shape index (κ3) is 3.27. The van der Waals surface area contributed by atoms with Gasteiger partial charge in [-0.15, -0.1) is 0 Å². The van der Waals surface area contributed by atoms with Crippen LogP contribution in [0.15, 0.2) is 18.3 Å². The fourth-order valence-electron chi connectivity index (χ4n) is 2.95. The fourth-order valence-corrected chi connectivity index (χ4v) is 2.95. The van der Waals surface area contributed by atoms with E-state index in [1.54, 1.807) is 0 Å². The van der Waals surface area contributed by atoms with E-state index in [1.165, 1.54) is 56.6 Å². The fraction of sp³-hybridized carbons (Fsp3) is 0.688. The van der Waals surface area contributed by atoms with E-state index in [9.17, 15) is 0 Å². The zero-order valence-corrected chi connectivity index (χ0v) is 11.9. The van der Waals surface area contributed by atoms with Gasteiger partial charge in [0, 0.05) is 37.4 Å². The standard InChI is InChI=1S/C16H25N3/c1-2-13-7-10-19(11-8-13)16-14(4-3-9-17-16)12-18-15-5-6-15/h3-4,9,13,15,18H,2,5-8,10-12H2,1H3. The lowest BCUT2D eigenvalue weighted by Gasteiger charge is -2.33. The van der Waals surface area contributed by atoms with Crippen molar-refractivity contribution in [3.63, 3.8) is 0 Å². The summed E-state index contributed by atoms with van der Waals surface area (Å²) >= 11 is 0. The van der Waals surface area contributed by atoms with Gasteiger partial charge in [-0.1, -0.05) is 19.4 Å². The van der Waals surface area contributed by atoms with Crippen LogP contribution in [0.4, 0.5) is 5.82 Å². The highest BCUT2D eigenvalue weighted by molar-refractivity contribution is 5.47. The maximum absolute atomic E-state index is 4.64. The average Bonchev–Trinajstić information content (AvgIpc) is 3.30. The van der Waals surface area contributed by atoms with E-state index in [0.717, 1.165) is 18.5 Å². The summed E-state index contributed by atoms with van der Waals surface area (Å²) in [7, 11) is 0. The largest absolute Gasteiger partial charge is 0.356 e. The highest BCUT2D eigenvalue weighted by Gasteiger charge is 2.23. The zero-order chi connectivity index (χ0) is 13.1. The van der Waals surface area contributed by atoms with E-state index in [4.69, 9.17) is 0 Å². The number of pyridine rings is 1. The molecule has 3 nitrogen and oxygen atoms in total. The summed E-state index contributed by atoms with van der Waals surface area (Å²) in [5.41, 5.74) is 1.37. The Kier molecular flexibility index (Phi) is 4.02. The van der Waals surface area contributed by atoms with Crippen LogP contribution in [-0.4, -0.2) is 24.1 Å². The van der Waals surface area contributed by atoms with E-state index in [2.05, 4.69) is 34.3 Å². The second kappa shape index (κ2) is 5.91. The van der Waals surface area contributed by atoms with Gasteiger partial charge in [0.2, 0.25) is 0 Å². The molecule has 1 aromatic heterocycles. The molecule has 0 aromatic carbocycles. The molecular formula is C16H25N3. The molecule has 0 bridgehead atoms. The van der Waals surface area contributed by atoms with Crippen LogP contribution >= 0.6 is 0 Å². The second-order valence-electron chi connectivity index (χ2n) is 5.98. The molecule has 1 aromatic rings. The smallest absolute Gasteiger partial charge is 0.133 e. The van der Waals surface area contributed by atoms with E-state index < -0.39 is 0 Å². The van der Waals surface area contributed by atoms with Crippen LogP contribution in [0.1, 0.15) is 44.6 Å². The van der Waals surface area contributed by atoms with Crippen LogP contribution in [0, 0.1) is 5.92 Å². The van der Waals surface area contributed by atoms with Crippen molar-refractivity contribution in [1.82, 2.24) is 10.3 Å². The van der Waals surface area contributed by atoms with Crippen molar-refractivity contribution in [2.75, 3.05) is 18.0 Å². The first-order valence-corrected chi connectivity index (χ1v) is 7.79. The van der Waals surface area contributed by atoms with E-state index in [1.807, 2.05) is 6.20 Å². The third-order valence-electron chi connectivity index (χ3n) is 4.52. The van der Waals surface area contributed by atoms with Gasteiger partial charge in [-0.2, -0.15) is 0 Å². The molecule has 0 amide bonds. The van der Waals surface area contributed by atoms with Gasteiger partial charge < -0.3 is 10.2 Å². The Bertz CT molecular complexity index is 406. The Labute approximate surface area is 116 Å². The van der Waals surface area contributed by atoms with E-state index in [0.29, 0.717) is 0 Å². The molecule has 1 N–H and O–H groups in total. The summed E-state index contributed by atoms with van der Waals surface area (Å²) in [6, 6.07) is 5.05. The van der Waals surface area contributed by atoms with Crippen LogP contribution in [-0.2, 0) is 6.54 Å². The maximum atomic E-state index is 4.64. The molecule has 3 rings (SSSR count). The molecule has 0 spiro atoms. The first-order chi connectivity index (χ1) is 9.36. The number of nitrogens with one attached hydrogen (secondary N) is 1. The van der Waals surface area contributed by atoms with Crippen LogP contribution in [0.3, 0.4) is 0 Å². The first-order valence-electron chi connectivity index (χ1n) is 7.79. The van der Waals surface area contributed by atoms with Crippen molar-refractivity contribution >= 4 is 5.82 Å². The lowest BCUT2D eigenvalue weighted by molar-refractivity contribution is 0.393. The molecular weight excluding hydrogens is 234 g/mol. The molecule has 1 aliphatic heterocycles. The SMILES string of the molecule is CCC1CCN(c2ncccc2CNC2CC2)CC1. The Morgan fingerprint density at radius 1 is 1.26 bits per heavy atom. The van der Waals surface area contributed by atoms with Gasteiger partial charge in [0.05, 0.1) is 0 Å². The molecule has 0 radical (unpaired) electrons. The van der Waals surface area contributed by atoms with Gasteiger partial charge >= 0.3 is 0 Å². The maximum Gasteiger partial charge on any atom is 0.133 e.